The highest BCUT2D eigenvalue weighted by atomic mass is 15.2. The minimum absolute atomic E-state index is 0.0139. The lowest BCUT2D eigenvalue weighted by atomic mass is 9.65. The quantitative estimate of drug-likeness (QED) is 0.163. The van der Waals surface area contributed by atoms with Crippen LogP contribution in [0.25, 0.3) is 6.08 Å². The maximum atomic E-state index is 3.94. The van der Waals surface area contributed by atoms with Crippen molar-refractivity contribution in [1.82, 2.24) is 0 Å². The van der Waals surface area contributed by atoms with Gasteiger partial charge in [-0.25, -0.2) is 0 Å². The molecule has 5 aromatic carbocycles. The molecule has 0 saturated heterocycles. The molecule has 2 aliphatic rings. The van der Waals surface area contributed by atoms with Crippen LogP contribution >= 0.6 is 0 Å². The average molecular weight is 613 g/mol. The fourth-order valence-electron chi connectivity index (χ4n) is 7.52. The Morgan fingerprint density at radius 2 is 0.979 bits per heavy atom. The molecule has 0 amide bonds. The van der Waals surface area contributed by atoms with Crippen molar-refractivity contribution in [3.63, 3.8) is 0 Å². The second-order valence-electron chi connectivity index (χ2n) is 13.0. The van der Waals surface area contributed by atoms with Crippen LogP contribution in [0.3, 0.4) is 0 Å². The normalized spacial score (nSPS) is 15.7. The first-order chi connectivity index (χ1) is 23.1. The third-order valence-electron chi connectivity index (χ3n) is 10.1. The van der Waals surface area contributed by atoms with Gasteiger partial charge in [0.25, 0.3) is 0 Å². The average Bonchev–Trinajstić information content (AvgIpc) is 3.15. The molecule has 5 aromatic rings. The summed E-state index contributed by atoms with van der Waals surface area (Å²) < 4.78 is 0. The molecule has 0 heterocycles. The second-order valence-corrected chi connectivity index (χ2v) is 13.0. The number of nitrogens with zero attached hydrogens (tertiary/aromatic N) is 2. The van der Waals surface area contributed by atoms with Crippen LogP contribution in [0, 0.1) is 0 Å². The van der Waals surface area contributed by atoms with E-state index in [4.69, 9.17) is 0 Å². The molecular weight excluding hydrogens is 569 g/mol. The van der Waals surface area contributed by atoms with Crippen molar-refractivity contribution in [2.45, 2.75) is 57.3 Å². The van der Waals surface area contributed by atoms with Gasteiger partial charge in [-0.3, -0.25) is 0 Å². The first-order valence-corrected chi connectivity index (χ1v) is 17.1. The van der Waals surface area contributed by atoms with E-state index in [1.807, 2.05) is 6.08 Å². The first kappa shape index (κ1) is 30.6. The Hall–Kier alpha value is -5.08. The largest absolute Gasteiger partial charge is 0.314 e. The summed E-state index contributed by atoms with van der Waals surface area (Å²) in [6.45, 7) is 6.16. The minimum atomic E-state index is 0.0139. The fourth-order valence-corrected chi connectivity index (χ4v) is 7.52. The van der Waals surface area contributed by atoms with Gasteiger partial charge in [-0.1, -0.05) is 116 Å². The molecule has 1 saturated carbocycles. The summed E-state index contributed by atoms with van der Waals surface area (Å²) >= 11 is 0. The lowest BCUT2D eigenvalue weighted by Gasteiger charge is -2.39. The molecule has 47 heavy (non-hydrogen) atoms. The lowest BCUT2D eigenvalue weighted by Crippen LogP contribution is -2.30. The molecule has 0 bridgehead atoms. The minimum Gasteiger partial charge on any atom is -0.314 e. The zero-order valence-electron chi connectivity index (χ0n) is 27.5. The third-order valence-corrected chi connectivity index (χ3v) is 10.1. The summed E-state index contributed by atoms with van der Waals surface area (Å²) in [6, 6.07) is 49.0. The summed E-state index contributed by atoms with van der Waals surface area (Å²) in [5.74, 6) is 0. The van der Waals surface area contributed by atoms with Gasteiger partial charge in [0.1, 0.15) is 0 Å². The maximum Gasteiger partial charge on any atom is 0.0462 e. The zero-order valence-corrected chi connectivity index (χ0v) is 27.5. The van der Waals surface area contributed by atoms with E-state index < -0.39 is 0 Å². The fraction of sp³-hybridized carbons (Fsp3) is 0.200. The molecule has 0 radical (unpaired) electrons. The van der Waals surface area contributed by atoms with Gasteiger partial charge in [0.2, 0.25) is 0 Å². The smallest absolute Gasteiger partial charge is 0.0462 e. The van der Waals surface area contributed by atoms with Crippen LogP contribution in [0.5, 0.6) is 0 Å². The number of hydrogen-bond acceptors (Lipinski definition) is 2. The highest BCUT2D eigenvalue weighted by molar-refractivity contribution is 5.77. The first-order valence-electron chi connectivity index (χ1n) is 17.1. The Morgan fingerprint density at radius 1 is 0.511 bits per heavy atom. The van der Waals surface area contributed by atoms with Gasteiger partial charge in [0.15, 0.2) is 0 Å². The summed E-state index contributed by atoms with van der Waals surface area (Å²) in [5, 5.41) is 0. The van der Waals surface area contributed by atoms with E-state index in [-0.39, 0.29) is 5.41 Å². The summed E-state index contributed by atoms with van der Waals surface area (Å²) in [5.41, 5.74) is 12.7. The number of anilines is 5. The number of benzene rings is 5. The topological polar surface area (TPSA) is 6.48 Å². The van der Waals surface area contributed by atoms with E-state index in [0.29, 0.717) is 0 Å². The Balaban J connectivity index is 1.24. The molecule has 0 aliphatic heterocycles. The Labute approximate surface area is 281 Å². The molecule has 7 rings (SSSR count). The number of allylic oxidation sites excluding steroid dienone is 4. The zero-order chi connectivity index (χ0) is 32.1. The third kappa shape index (κ3) is 6.33. The van der Waals surface area contributed by atoms with Gasteiger partial charge in [0, 0.05) is 39.5 Å². The Kier molecular flexibility index (Phi) is 8.93. The van der Waals surface area contributed by atoms with E-state index in [2.05, 4.69) is 169 Å². The predicted molar refractivity (Wildman–Crippen MR) is 201 cm³/mol. The second kappa shape index (κ2) is 13.7. The summed E-state index contributed by atoms with van der Waals surface area (Å²) in [6.07, 6.45) is 14.8. The summed E-state index contributed by atoms with van der Waals surface area (Å²) in [4.78, 5) is 4.78. The monoisotopic (exact) mass is 612 g/mol. The Bertz CT molecular complexity index is 1840. The van der Waals surface area contributed by atoms with Gasteiger partial charge >= 0.3 is 0 Å². The van der Waals surface area contributed by atoms with Crippen LogP contribution in [0.15, 0.2) is 163 Å². The van der Waals surface area contributed by atoms with E-state index in [1.165, 1.54) is 65.9 Å². The molecule has 234 valence electrons. The number of hydrogen-bond donors (Lipinski definition) is 0. The SMILES string of the molecule is C=Cc1ccc(N(c2ccccc2)c2ccc(C3(c4ccc(N(C5=CC=C(C)CC5)c5ccccc5)cc4)CCCCC3)cc2)cc1. The molecule has 0 spiro atoms. The van der Waals surface area contributed by atoms with E-state index in [0.717, 1.165) is 35.5 Å². The van der Waals surface area contributed by atoms with Gasteiger partial charge in [-0.2, -0.15) is 0 Å². The Morgan fingerprint density at radius 3 is 1.47 bits per heavy atom. The van der Waals surface area contributed by atoms with Crippen LogP contribution in [0.2, 0.25) is 0 Å². The molecule has 0 atom stereocenters. The van der Waals surface area contributed by atoms with Crippen LogP contribution in [-0.2, 0) is 5.41 Å². The molecule has 2 nitrogen and oxygen atoms in total. The van der Waals surface area contributed by atoms with Crippen molar-refractivity contribution in [3.8, 4) is 0 Å². The highest BCUT2D eigenvalue weighted by Gasteiger charge is 2.36. The summed E-state index contributed by atoms with van der Waals surface area (Å²) in [7, 11) is 0. The van der Waals surface area contributed by atoms with Crippen molar-refractivity contribution in [2.75, 3.05) is 9.80 Å². The van der Waals surface area contributed by atoms with Crippen LogP contribution in [0.4, 0.5) is 28.4 Å². The predicted octanol–water partition coefficient (Wildman–Crippen LogP) is 12.8. The van der Waals surface area contributed by atoms with E-state index in [9.17, 15) is 0 Å². The standard InChI is InChI=1S/C45H44N2/c1-3-36-19-27-42(28-20-36)47(40-15-9-5-10-16-40)44-31-23-38(24-32-44)45(33-11-6-12-34-45)37-21-29-43(30-22-37)46(39-13-7-4-8-14-39)41-25-17-35(2)18-26-41/h3-5,7-10,13-17,19-25,27-32H,1,6,11-12,18,26,33-34H2,2H3. The lowest BCUT2D eigenvalue weighted by molar-refractivity contribution is 0.346. The van der Waals surface area contributed by atoms with Gasteiger partial charge in [-0.05, 0) is 116 Å². The van der Waals surface area contributed by atoms with Gasteiger partial charge in [-0.15, -0.1) is 0 Å². The van der Waals surface area contributed by atoms with Crippen molar-refractivity contribution in [2.24, 2.45) is 0 Å². The van der Waals surface area contributed by atoms with E-state index >= 15 is 0 Å². The molecule has 0 unspecified atom stereocenters. The molecule has 1 fully saturated rings. The van der Waals surface area contributed by atoms with Crippen LogP contribution in [0.1, 0.15) is 68.6 Å². The van der Waals surface area contributed by atoms with Crippen molar-refractivity contribution in [1.29, 1.82) is 0 Å². The molecule has 2 heteroatoms. The van der Waals surface area contributed by atoms with Crippen LogP contribution in [-0.4, -0.2) is 0 Å². The molecule has 2 aliphatic carbocycles. The molecular formula is C45H44N2. The number of rotatable bonds is 9. The highest BCUT2D eigenvalue weighted by Crippen LogP contribution is 2.47. The number of para-hydroxylation sites is 2. The van der Waals surface area contributed by atoms with Crippen molar-refractivity contribution < 1.29 is 0 Å². The van der Waals surface area contributed by atoms with Gasteiger partial charge in [0.05, 0.1) is 0 Å². The molecule has 0 aromatic heterocycles. The van der Waals surface area contributed by atoms with Gasteiger partial charge < -0.3 is 9.80 Å². The van der Waals surface area contributed by atoms with E-state index in [1.54, 1.807) is 0 Å². The molecule has 0 N–H and O–H groups in total. The van der Waals surface area contributed by atoms with Crippen molar-refractivity contribution in [3.05, 3.63) is 180 Å². The van der Waals surface area contributed by atoms with Crippen LogP contribution < -0.4 is 9.80 Å². The maximum absolute atomic E-state index is 3.94. The van der Waals surface area contributed by atoms with Crippen molar-refractivity contribution >= 4 is 34.5 Å².